The highest BCUT2D eigenvalue weighted by atomic mass is 16.5. The van der Waals surface area contributed by atoms with Gasteiger partial charge in [-0.05, 0) is 51.7 Å². The number of fused-ring (bicyclic) bond motifs is 1. The fraction of sp³-hybridized carbons (Fsp3) is 0.344. The Morgan fingerprint density at radius 1 is 1.16 bits per heavy atom. The molecule has 0 saturated carbocycles. The van der Waals surface area contributed by atoms with Crippen LogP contribution in [-0.4, -0.2) is 72.9 Å². The Morgan fingerprint density at radius 2 is 1.98 bits per heavy atom. The van der Waals surface area contributed by atoms with Gasteiger partial charge in [0.1, 0.15) is 5.75 Å². The number of hydrogen-bond acceptors (Lipinski definition) is 9. The summed E-state index contributed by atoms with van der Waals surface area (Å²) in [5.41, 5.74) is 17.3. The van der Waals surface area contributed by atoms with Crippen LogP contribution in [0.2, 0.25) is 0 Å². The zero-order valence-electron chi connectivity index (χ0n) is 25.4. The van der Waals surface area contributed by atoms with Gasteiger partial charge in [-0.2, -0.15) is 0 Å². The maximum atomic E-state index is 12.1. The van der Waals surface area contributed by atoms with Gasteiger partial charge in [0.25, 0.3) is 0 Å². The molecular weight excluding hydrogens is 544 g/mol. The molecule has 11 nitrogen and oxygen atoms in total. The summed E-state index contributed by atoms with van der Waals surface area (Å²) < 4.78 is 13.5. The van der Waals surface area contributed by atoms with Crippen LogP contribution in [0.3, 0.4) is 0 Å². The van der Waals surface area contributed by atoms with E-state index in [1.165, 1.54) is 0 Å². The maximum absolute atomic E-state index is 12.1. The molecule has 4 rings (SSSR count). The number of nitrogen functional groups attached to an aromatic ring is 1. The predicted molar refractivity (Wildman–Crippen MR) is 175 cm³/mol. The Hall–Kier alpha value is -4.61. The van der Waals surface area contributed by atoms with Crippen LogP contribution in [0.15, 0.2) is 55.4 Å². The van der Waals surface area contributed by atoms with Gasteiger partial charge in [-0.15, -0.1) is 0 Å². The van der Waals surface area contributed by atoms with E-state index in [-0.39, 0.29) is 5.57 Å². The lowest BCUT2D eigenvalue weighted by molar-refractivity contribution is -0.112. The Balaban J connectivity index is 1.67. The number of hydrogen-bond donors (Lipinski definition) is 4. The molecule has 0 aliphatic heterocycles. The van der Waals surface area contributed by atoms with Crippen LogP contribution < -0.4 is 26.8 Å². The number of nitrogens with one attached hydrogen (secondary N) is 2. The van der Waals surface area contributed by atoms with Crippen molar-refractivity contribution < 1.29 is 14.3 Å². The second-order valence-electron chi connectivity index (χ2n) is 10.5. The Bertz CT molecular complexity index is 1580. The molecule has 43 heavy (non-hydrogen) atoms. The van der Waals surface area contributed by atoms with Crippen LogP contribution in [0, 0.1) is 0 Å². The second kappa shape index (κ2) is 14.5. The Kier molecular flexibility index (Phi) is 10.6. The van der Waals surface area contributed by atoms with E-state index >= 15 is 0 Å². The molecule has 4 aromatic rings. The van der Waals surface area contributed by atoms with Gasteiger partial charge in [0.05, 0.1) is 36.3 Å². The Labute approximate surface area is 252 Å². The summed E-state index contributed by atoms with van der Waals surface area (Å²) >= 11 is 0. The summed E-state index contributed by atoms with van der Waals surface area (Å²) in [5.74, 6) is 0.289. The topological polar surface area (TPSA) is 146 Å². The van der Waals surface area contributed by atoms with Crippen LogP contribution in [0.4, 0.5) is 23.0 Å². The molecule has 2 heterocycles. The van der Waals surface area contributed by atoms with Crippen molar-refractivity contribution in [3.63, 3.8) is 0 Å². The molecule has 0 aliphatic carbocycles. The molecule has 2 aromatic heterocycles. The summed E-state index contributed by atoms with van der Waals surface area (Å²) in [7, 11) is 5.63. The molecule has 0 aliphatic rings. The SMILES string of the molecule is C=C(C(N)=O)c1cc(Nc2nccc(-c3cn(CCOCCC)c4c(N)cccc34)n2)c(OC)cc1NCCCN(C)C. The lowest BCUT2D eigenvalue weighted by atomic mass is 10.0. The third kappa shape index (κ3) is 7.62. The van der Waals surface area contributed by atoms with Crippen molar-refractivity contribution in [1.82, 2.24) is 19.4 Å². The number of nitrogens with zero attached hydrogens (tertiary/aromatic N) is 4. The number of amides is 1. The molecule has 2 aromatic carbocycles. The van der Waals surface area contributed by atoms with Crippen LogP contribution in [-0.2, 0) is 16.1 Å². The molecule has 11 heteroatoms. The lowest BCUT2D eigenvalue weighted by Gasteiger charge is -2.18. The highest BCUT2D eigenvalue weighted by Crippen LogP contribution is 2.37. The molecule has 228 valence electrons. The number of nitrogens with two attached hydrogens (primary N) is 2. The van der Waals surface area contributed by atoms with Gasteiger partial charge in [-0.25, -0.2) is 9.97 Å². The first-order valence-electron chi connectivity index (χ1n) is 14.4. The van der Waals surface area contributed by atoms with Gasteiger partial charge in [-0.3, -0.25) is 4.79 Å². The summed E-state index contributed by atoms with van der Waals surface area (Å²) in [6.45, 7) is 9.59. The number of aromatic nitrogens is 3. The van der Waals surface area contributed by atoms with Gasteiger partial charge in [0.2, 0.25) is 11.9 Å². The minimum atomic E-state index is -0.610. The number of ether oxygens (including phenoxy) is 2. The van der Waals surface area contributed by atoms with E-state index in [0.717, 1.165) is 41.5 Å². The summed E-state index contributed by atoms with van der Waals surface area (Å²) in [6, 6.07) is 11.3. The molecule has 0 radical (unpaired) electrons. The first-order valence-corrected chi connectivity index (χ1v) is 14.4. The fourth-order valence-corrected chi connectivity index (χ4v) is 4.86. The van der Waals surface area contributed by atoms with Crippen molar-refractivity contribution in [2.75, 3.05) is 63.9 Å². The highest BCUT2D eigenvalue weighted by Gasteiger charge is 2.18. The zero-order valence-corrected chi connectivity index (χ0v) is 25.4. The van der Waals surface area contributed by atoms with E-state index in [0.29, 0.717) is 60.6 Å². The standard InChI is InChI=1S/C32H42N8O3/c1-6-16-43-17-15-40-20-24(22-9-7-10-25(33)30(22)40)26-11-13-36-32(37-26)38-28-18-23(21(2)31(34)41)27(19-29(28)42-5)35-12-8-14-39(3)4/h7,9-11,13,18-20,35H,2,6,8,12,14-17,33H2,1,3-5H3,(H2,34,41)(H,36,37,38). The second-order valence-corrected chi connectivity index (χ2v) is 10.5. The number of methoxy groups -OCH3 is 1. The largest absolute Gasteiger partial charge is 0.494 e. The first-order chi connectivity index (χ1) is 20.7. The van der Waals surface area contributed by atoms with Gasteiger partial charge in [0, 0.05) is 65.9 Å². The molecule has 0 fully saturated rings. The number of rotatable bonds is 16. The third-order valence-electron chi connectivity index (χ3n) is 6.99. The summed E-state index contributed by atoms with van der Waals surface area (Å²) in [6.07, 6.45) is 5.62. The van der Waals surface area contributed by atoms with Crippen molar-refractivity contribution in [2.45, 2.75) is 26.3 Å². The number of carbonyl (C=O) groups is 1. The lowest BCUT2D eigenvalue weighted by Crippen LogP contribution is -2.18. The van der Waals surface area contributed by atoms with Crippen molar-refractivity contribution in [3.05, 3.63) is 60.9 Å². The number of primary amides is 1. The van der Waals surface area contributed by atoms with Gasteiger partial charge >= 0.3 is 0 Å². The first kappa shape index (κ1) is 31.3. The maximum Gasteiger partial charge on any atom is 0.248 e. The van der Waals surface area contributed by atoms with Crippen LogP contribution in [0.5, 0.6) is 5.75 Å². The average Bonchev–Trinajstić information content (AvgIpc) is 3.37. The van der Waals surface area contributed by atoms with E-state index in [2.05, 4.69) is 44.8 Å². The summed E-state index contributed by atoms with van der Waals surface area (Å²) in [4.78, 5) is 23.5. The van der Waals surface area contributed by atoms with Crippen molar-refractivity contribution in [2.24, 2.45) is 5.73 Å². The number of benzene rings is 2. The van der Waals surface area contributed by atoms with E-state index in [4.69, 9.17) is 25.9 Å². The minimum Gasteiger partial charge on any atom is -0.494 e. The molecule has 0 bridgehead atoms. The van der Waals surface area contributed by atoms with Crippen LogP contribution in [0.1, 0.15) is 25.3 Å². The molecule has 0 atom stereocenters. The van der Waals surface area contributed by atoms with E-state index in [9.17, 15) is 4.79 Å². The predicted octanol–water partition coefficient (Wildman–Crippen LogP) is 4.72. The fourth-order valence-electron chi connectivity index (χ4n) is 4.86. The van der Waals surface area contributed by atoms with Crippen molar-refractivity contribution in [3.8, 4) is 17.0 Å². The molecule has 1 amide bonds. The number of carbonyl (C=O) groups excluding carboxylic acids is 1. The van der Waals surface area contributed by atoms with Gasteiger partial charge < -0.3 is 41.0 Å². The number of anilines is 4. The van der Waals surface area contributed by atoms with Gasteiger partial charge in [0.15, 0.2) is 0 Å². The minimum absolute atomic E-state index is 0.184. The van der Waals surface area contributed by atoms with Gasteiger partial charge in [-0.1, -0.05) is 25.6 Å². The normalized spacial score (nSPS) is 11.2. The third-order valence-corrected chi connectivity index (χ3v) is 6.99. The van der Waals surface area contributed by atoms with Crippen molar-refractivity contribution >= 4 is 45.4 Å². The summed E-state index contributed by atoms with van der Waals surface area (Å²) in [5, 5.41) is 7.64. The van der Waals surface area contributed by atoms with E-state index in [1.54, 1.807) is 19.4 Å². The Morgan fingerprint density at radius 3 is 2.70 bits per heavy atom. The highest BCUT2D eigenvalue weighted by molar-refractivity contribution is 6.19. The smallest absolute Gasteiger partial charge is 0.248 e. The van der Waals surface area contributed by atoms with E-state index in [1.807, 2.05) is 44.4 Å². The van der Waals surface area contributed by atoms with Crippen molar-refractivity contribution in [1.29, 1.82) is 0 Å². The quantitative estimate of drug-likeness (QED) is 0.0832. The number of para-hydroxylation sites is 1. The molecular formula is C32H42N8O3. The molecule has 0 saturated heterocycles. The van der Waals surface area contributed by atoms with Crippen LogP contribution in [0.25, 0.3) is 27.7 Å². The monoisotopic (exact) mass is 586 g/mol. The van der Waals surface area contributed by atoms with E-state index < -0.39 is 5.91 Å². The molecule has 0 unspecified atom stereocenters. The average molecular weight is 587 g/mol. The molecule has 6 N–H and O–H groups in total. The van der Waals surface area contributed by atoms with Crippen LogP contribution >= 0.6 is 0 Å². The molecule has 0 spiro atoms. The zero-order chi connectivity index (χ0) is 30.9.